The zero-order chi connectivity index (χ0) is 15.6. The van der Waals surface area contributed by atoms with Crippen LogP contribution in [-0.4, -0.2) is 38.4 Å². The topological polar surface area (TPSA) is 59.6 Å². The van der Waals surface area contributed by atoms with Crippen LogP contribution in [0.2, 0.25) is 0 Å². The lowest BCUT2D eigenvalue weighted by Crippen LogP contribution is -2.25. The van der Waals surface area contributed by atoms with Crippen molar-refractivity contribution in [1.82, 2.24) is 5.32 Å². The second-order valence-corrected chi connectivity index (χ2v) is 5.46. The van der Waals surface area contributed by atoms with Gasteiger partial charge < -0.3 is 20.1 Å². The van der Waals surface area contributed by atoms with Gasteiger partial charge >= 0.3 is 0 Å². The third-order valence-corrected chi connectivity index (χ3v) is 3.64. The third-order valence-electron chi connectivity index (χ3n) is 3.64. The third kappa shape index (κ3) is 6.13. The molecule has 0 saturated carbocycles. The van der Waals surface area contributed by atoms with Crippen LogP contribution >= 0.6 is 0 Å². The summed E-state index contributed by atoms with van der Waals surface area (Å²) < 4.78 is 11.0. The molecule has 5 nitrogen and oxygen atoms in total. The molecule has 2 N–H and O–H groups in total. The summed E-state index contributed by atoms with van der Waals surface area (Å²) in [6.45, 7) is 5.80. The Labute approximate surface area is 132 Å². The van der Waals surface area contributed by atoms with Crippen molar-refractivity contribution in [3.05, 3.63) is 29.8 Å². The van der Waals surface area contributed by atoms with Gasteiger partial charge in [0.1, 0.15) is 0 Å². The van der Waals surface area contributed by atoms with E-state index in [-0.39, 0.29) is 12.0 Å². The minimum absolute atomic E-state index is 0.00680. The molecule has 1 saturated heterocycles. The second-order valence-electron chi connectivity index (χ2n) is 5.46. The van der Waals surface area contributed by atoms with Gasteiger partial charge in [0.05, 0.1) is 19.1 Å². The number of benzene rings is 1. The van der Waals surface area contributed by atoms with Gasteiger partial charge in [0.2, 0.25) is 5.91 Å². The summed E-state index contributed by atoms with van der Waals surface area (Å²) in [4.78, 5) is 11.9. The predicted octanol–water partition coefficient (Wildman–Crippen LogP) is 2.32. The van der Waals surface area contributed by atoms with Crippen LogP contribution in [0.1, 0.15) is 31.7 Å². The maximum Gasteiger partial charge on any atom is 0.226 e. The first-order valence-electron chi connectivity index (χ1n) is 8.07. The van der Waals surface area contributed by atoms with Crippen LogP contribution in [0.4, 0.5) is 5.69 Å². The van der Waals surface area contributed by atoms with Crippen LogP contribution in [0.3, 0.4) is 0 Å². The normalized spacial score (nSPS) is 15.7. The van der Waals surface area contributed by atoms with E-state index in [0.717, 1.165) is 50.4 Å². The van der Waals surface area contributed by atoms with E-state index in [9.17, 15) is 4.79 Å². The lowest BCUT2D eigenvalue weighted by molar-refractivity contribution is -0.118. The number of ether oxygens (including phenoxy) is 2. The minimum atomic E-state index is -0.00680. The maximum atomic E-state index is 11.9. The Hall–Kier alpha value is -1.43. The van der Waals surface area contributed by atoms with Crippen LogP contribution in [0.25, 0.3) is 0 Å². The van der Waals surface area contributed by atoms with Crippen LogP contribution in [0.15, 0.2) is 24.3 Å². The van der Waals surface area contributed by atoms with Gasteiger partial charge in [-0.1, -0.05) is 19.1 Å². The molecule has 1 fully saturated rings. The molecular weight excluding hydrogens is 280 g/mol. The molecule has 2 rings (SSSR count). The second kappa shape index (κ2) is 9.56. The van der Waals surface area contributed by atoms with Crippen molar-refractivity contribution in [2.75, 3.05) is 31.7 Å². The van der Waals surface area contributed by atoms with Crippen molar-refractivity contribution >= 4 is 11.6 Å². The number of carbonyl (C=O) groups is 1. The SMILES string of the molecule is CCNCc1cccc(NC(=O)CCOC2CCOCC2)c1. The molecule has 0 bridgehead atoms. The number of hydrogen-bond acceptors (Lipinski definition) is 4. The summed E-state index contributed by atoms with van der Waals surface area (Å²) in [6.07, 6.45) is 2.47. The lowest BCUT2D eigenvalue weighted by atomic mass is 10.1. The Morgan fingerprint density at radius 3 is 2.95 bits per heavy atom. The molecule has 122 valence electrons. The van der Waals surface area contributed by atoms with Crippen molar-refractivity contribution in [3.63, 3.8) is 0 Å². The van der Waals surface area contributed by atoms with Gasteiger partial charge in [0.25, 0.3) is 0 Å². The van der Waals surface area contributed by atoms with Crippen molar-refractivity contribution in [2.45, 2.75) is 38.8 Å². The largest absolute Gasteiger partial charge is 0.381 e. The van der Waals surface area contributed by atoms with Crippen molar-refractivity contribution in [1.29, 1.82) is 0 Å². The fourth-order valence-electron chi connectivity index (χ4n) is 2.41. The molecule has 0 aliphatic carbocycles. The van der Waals surface area contributed by atoms with E-state index in [2.05, 4.69) is 17.6 Å². The zero-order valence-corrected chi connectivity index (χ0v) is 13.3. The van der Waals surface area contributed by atoms with E-state index in [4.69, 9.17) is 9.47 Å². The van der Waals surface area contributed by atoms with Gasteiger partial charge in [0, 0.05) is 25.4 Å². The molecule has 0 unspecified atom stereocenters. The van der Waals surface area contributed by atoms with Crippen LogP contribution < -0.4 is 10.6 Å². The number of amides is 1. The number of carbonyl (C=O) groups excluding carboxylic acids is 1. The van der Waals surface area contributed by atoms with Crippen molar-refractivity contribution < 1.29 is 14.3 Å². The summed E-state index contributed by atoms with van der Waals surface area (Å²) in [5, 5.41) is 6.20. The fraction of sp³-hybridized carbons (Fsp3) is 0.588. The average molecular weight is 306 g/mol. The fourth-order valence-corrected chi connectivity index (χ4v) is 2.41. The molecule has 0 aromatic heterocycles. The van der Waals surface area contributed by atoms with Crippen molar-refractivity contribution in [2.24, 2.45) is 0 Å². The Bertz CT molecular complexity index is 459. The quantitative estimate of drug-likeness (QED) is 0.774. The van der Waals surface area contributed by atoms with E-state index < -0.39 is 0 Å². The molecule has 1 heterocycles. The van der Waals surface area contributed by atoms with Crippen LogP contribution in [0.5, 0.6) is 0 Å². The summed E-state index contributed by atoms with van der Waals surface area (Å²) >= 11 is 0. The van der Waals surface area contributed by atoms with E-state index >= 15 is 0 Å². The summed E-state index contributed by atoms with van der Waals surface area (Å²) in [5.41, 5.74) is 2.00. The molecule has 0 radical (unpaired) electrons. The van der Waals surface area contributed by atoms with E-state index in [1.54, 1.807) is 0 Å². The highest BCUT2D eigenvalue weighted by Crippen LogP contribution is 2.12. The molecule has 0 atom stereocenters. The number of rotatable bonds is 8. The Morgan fingerprint density at radius 2 is 2.18 bits per heavy atom. The van der Waals surface area contributed by atoms with Crippen LogP contribution in [0, 0.1) is 0 Å². The molecule has 0 spiro atoms. The highest BCUT2D eigenvalue weighted by Gasteiger charge is 2.14. The Morgan fingerprint density at radius 1 is 1.36 bits per heavy atom. The molecule has 1 aromatic rings. The first-order valence-corrected chi connectivity index (χ1v) is 8.07. The Kier molecular flexibility index (Phi) is 7.36. The number of anilines is 1. The summed E-state index contributed by atoms with van der Waals surface area (Å²) in [6, 6.07) is 7.92. The van der Waals surface area contributed by atoms with E-state index in [1.165, 1.54) is 0 Å². The number of nitrogens with one attached hydrogen (secondary N) is 2. The van der Waals surface area contributed by atoms with Crippen LogP contribution in [-0.2, 0) is 20.8 Å². The van der Waals surface area contributed by atoms with Gasteiger partial charge in [0.15, 0.2) is 0 Å². The summed E-state index contributed by atoms with van der Waals surface area (Å²) in [7, 11) is 0. The van der Waals surface area contributed by atoms with Gasteiger partial charge in [-0.2, -0.15) is 0 Å². The van der Waals surface area contributed by atoms with E-state index in [1.807, 2.05) is 24.3 Å². The maximum absolute atomic E-state index is 11.9. The Balaban J connectivity index is 1.69. The molecular formula is C17H26N2O3. The standard InChI is InChI=1S/C17H26N2O3/c1-2-18-13-14-4-3-5-15(12-14)19-17(20)8-11-22-16-6-9-21-10-7-16/h3-5,12,16,18H,2,6-11,13H2,1H3,(H,19,20). The monoisotopic (exact) mass is 306 g/mol. The lowest BCUT2D eigenvalue weighted by Gasteiger charge is -2.22. The molecule has 1 aromatic carbocycles. The highest BCUT2D eigenvalue weighted by atomic mass is 16.5. The molecule has 22 heavy (non-hydrogen) atoms. The highest BCUT2D eigenvalue weighted by molar-refractivity contribution is 5.90. The molecule has 1 aliphatic heterocycles. The summed E-state index contributed by atoms with van der Waals surface area (Å²) in [5.74, 6) is -0.00680. The van der Waals surface area contributed by atoms with Gasteiger partial charge in [-0.05, 0) is 37.1 Å². The molecule has 1 aliphatic rings. The average Bonchev–Trinajstić information content (AvgIpc) is 2.54. The predicted molar refractivity (Wildman–Crippen MR) is 86.9 cm³/mol. The zero-order valence-electron chi connectivity index (χ0n) is 13.3. The van der Waals surface area contributed by atoms with Gasteiger partial charge in [-0.25, -0.2) is 0 Å². The number of hydrogen-bond donors (Lipinski definition) is 2. The molecule has 5 heteroatoms. The smallest absolute Gasteiger partial charge is 0.226 e. The first kappa shape index (κ1) is 16.9. The minimum Gasteiger partial charge on any atom is -0.381 e. The molecule has 1 amide bonds. The van der Waals surface area contributed by atoms with E-state index in [0.29, 0.717) is 13.0 Å². The van der Waals surface area contributed by atoms with Gasteiger partial charge in [-0.15, -0.1) is 0 Å². The first-order chi connectivity index (χ1) is 10.8. The van der Waals surface area contributed by atoms with Gasteiger partial charge in [-0.3, -0.25) is 4.79 Å². The van der Waals surface area contributed by atoms with Crippen molar-refractivity contribution in [3.8, 4) is 0 Å².